The summed E-state index contributed by atoms with van der Waals surface area (Å²) >= 11 is 0. The van der Waals surface area contributed by atoms with Gasteiger partial charge in [-0.2, -0.15) is 0 Å². The average molecular weight is 321 g/mol. The molecule has 0 rings (SSSR count). The smallest absolute Gasteiger partial charge is 0.374 e. The van der Waals surface area contributed by atoms with Crippen molar-refractivity contribution in [1.82, 2.24) is 5.32 Å². The van der Waals surface area contributed by atoms with Crippen LogP contribution in [0.1, 0.15) is 53.4 Å². The van der Waals surface area contributed by atoms with Crippen molar-refractivity contribution in [2.75, 3.05) is 19.8 Å². The third-order valence-corrected chi connectivity index (χ3v) is 6.26. The Morgan fingerprint density at radius 3 is 1.95 bits per heavy atom. The van der Waals surface area contributed by atoms with E-state index in [1.54, 1.807) is 0 Å². The van der Waals surface area contributed by atoms with Gasteiger partial charge in [0.1, 0.15) is 0 Å². The van der Waals surface area contributed by atoms with E-state index in [9.17, 15) is 4.79 Å². The van der Waals surface area contributed by atoms with Crippen LogP contribution in [0.15, 0.2) is 0 Å². The Morgan fingerprint density at radius 1 is 1.05 bits per heavy atom. The number of amides is 2. The van der Waals surface area contributed by atoms with Gasteiger partial charge < -0.3 is 24.3 Å². The number of urea groups is 1. The van der Waals surface area contributed by atoms with Crippen molar-refractivity contribution in [1.29, 1.82) is 0 Å². The molecule has 2 amide bonds. The lowest BCUT2D eigenvalue weighted by atomic mass is 10.1. The highest BCUT2D eigenvalue weighted by atomic mass is 28.4. The molecule has 0 aliphatic carbocycles. The largest absolute Gasteiger partial charge is 0.500 e. The van der Waals surface area contributed by atoms with Crippen LogP contribution in [0.25, 0.3) is 0 Å². The van der Waals surface area contributed by atoms with Gasteiger partial charge in [-0.15, -0.1) is 0 Å². The molecule has 3 N–H and O–H groups in total. The summed E-state index contributed by atoms with van der Waals surface area (Å²) in [5.41, 5.74) is 5.21. The summed E-state index contributed by atoms with van der Waals surface area (Å²) in [6.45, 7) is 9.71. The zero-order valence-corrected chi connectivity index (χ0v) is 14.9. The molecular weight excluding hydrogens is 288 g/mol. The van der Waals surface area contributed by atoms with Crippen LogP contribution in [0.2, 0.25) is 6.04 Å². The van der Waals surface area contributed by atoms with E-state index < -0.39 is 14.8 Å². The SMILES string of the molecule is CCCC(CCC[Si](OCC)(OCC)OCC)NC(N)=O. The molecule has 1 unspecified atom stereocenters. The molecule has 0 radical (unpaired) electrons. The fourth-order valence-electron chi connectivity index (χ4n) is 2.40. The number of hydrogen-bond acceptors (Lipinski definition) is 4. The Hall–Kier alpha value is -0.633. The Balaban J connectivity index is 4.45. The summed E-state index contributed by atoms with van der Waals surface area (Å²) in [5.74, 6) is 0. The molecule has 6 nitrogen and oxygen atoms in total. The summed E-state index contributed by atoms with van der Waals surface area (Å²) in [6.07, 6.45) is 3.68. The van der Waals surface area contributed by atoms with Crippen LogP contribution < -0.4 is 11.1 Å². The highest BCUT2D eigenvalue weighted by Crippen LogP contribution is 2.20. The molecular formula is C14H32N2O4Si. The number of nitrogens with one attached hydrogen (secondary N) is 1. The predicted molar refractivity (Wildman–Crippen MR) is 86.1 cm³/mol. The van der Waals surface area contributed by atoms with Gasteiger partial charge in [0.15, 0.2) is 0 Å². The quantitative estimate of drug-likeness (QED) is 0.511. The monoisotopic (exact) mass is 320 g/mol. The van der Waals surface area contributed by atoms with Crippen molar-refractivity contribution < 1.29 is 18.1 Å². The van der Waals surface area contributed by atoms with Crippen LogP contribution >= 0.6 is 0 Å². The minimum absolute atomic E-state index is 0.115. The lowest BCUT2D eigenvalue weighted by molar-refractivity contribution is 0.0705. The van der Waals surface area contributed by atoms with Crippen LogP contribution in [-0.2, 0) is 13.3 Å². The maximum absolute atomic E-state index is 11.0. The molecule has 0 aromatic rings. The first-order valence-electron chi connectivity index (χ1n) is 8.01. The molecule has 126 valence electrons. The summed E-state index contributed by atoms with van der Waals surface area (Å²) in [6, 6.07) is 0.420. The van der Waals surface area contributed by atoms with Gasteiger partial charge >= 0.3 is 14.8 Å². The second-order valence-electron chi connectivity index (χ2n) is 4.87. The minimum atomic E-state index is -2.57. The third kappa shape index (κ3) is 9.08. The van der Waals surface area contributed by atoms with Gasteiger partial charge in [0.25, 0.3) is 0 Å². The van der Waals surface area contributed by atoms with Gasteiger partial charge in [-0.1, -0.05) is 13.3 Å². The molecule has 0 fully saturated rings. The number of carbonyl (C=O) groups excluding carboxylic acids is 1. The molecule has 0 aliphatic rings. The van der Waals surface area contributed by atoms with Crippen LogP contribution in [0.5, 0.6) is 0 Å². The van der Waals surface area contributed by atoms with Crippen molar-refractivity contribution in [3.63, 3.8) is 0 Å². The standard InChI is InChI=1S/C14H32N2O4Si/c1-5-10-13(16-14(15)17)11-9-12-21(18-6-2,19-7-3)20-8-4/h13H,5-12H2,1-4H3,(H3,15,16,17). The number of rotatable bonds is 13. The molecule has 0 spiro atoms. The van der Waals surface area contributed by atoms with Crippen molar-refractivity contribution in [2.24, 2.45) is 5.73 Å². The van der Waals surface area contributed by atoms with E-state index in [0.717, 1.165) is 31.7 Å². The van der Waals surface area contributed by atoms with Crippen molar-refractivity contribution in [2.45, 2.75) is 65.5 Å². The topological polar surface area (TPSA) is 82.8 Å². The van der Waals surface area contributed by atoms with E-state index in [0.29, 0.717) is 19.8 Å². The maximum Gasteiger partial charge on any atom is 0.500 e. The molecule has 0 saturated carbocycles. The molecule has 1 atom stereocenters. The number of carbonyl (C=O) groups is 1. The van der Waals surface area contributed by atoms with Crippen molar-refractivity contribution in [3.8, 4) is 0 Å². The molecule has 0 aromatic heterocycles. The number of hydrogen-bond donors (Lipinski definition) is 2. The third-order valence-electron chi connectivity index (χ3n) is 3.11. The first-order valence-corrected chi connectivity index (χ1v) is 9.94. The Kier molecular flexibility index (Phi) is 11.6. The highest BCUT2D eigenvalue weighted by molar-refractivity contribution is 6.60. The Labute approximate surface area is 130 Å². The van der Waals surface area contributed by atoms with Gasteiger partial charge in [-0.3, -0.25) is 0 Å². The lowest BCUT2D eigenvalue weighted by Gasteiger charge is -2.29. The van der Waals surface area contributed by atoms with E-state index in [1.807, 2.05) is 20.8 Å². The van der Waals surface area contributed by atoms with Crippen molar-refractivity contribution in [3.05, 3.63) is 0 Å². The van der Waals surface area contributed by atoms with E-state index in [2.05, 4.69) is 12.2 Å². The Bertz CT molecular complexity index is 263. The van der Waals surface area contributed by atoms with Crippen LogP contribution in [0.3, 0.4) is 0 Å². The minimum Gasteiger partial charge on any atom is -0.374 e. The second kappa shape index (κ2) is 12.0. The lowest BCUT2D eigenvalue weighted by Crippen LogP contribution is -2.46. The summed E-state index contributed by atoms with van der Waals surface area (Å²) in [7, 11) is -2.57. The van der Waals surface area contributed by atoms with Crippen molar-refractivity contribution >= 4 is 14.8 Å². The zero-order valence-electron chi connectivity index (χ0n) is 13.9. The van der Waals surface area contributed by atoms with E-state index in [-0.39, 0.29) is 6.04 Å². The van der Waals surface area contributed by atoms with E-state index in [1.165, 1.54) is 0 Å². The highest BCUT2D eigenvalue weighted by Gasteiger charge is 2.39. The summed E-state index contributed by atoms with van der Waals surface area (Å²) in [4.78, 5) is 11.0. The molecule has 0 aromatic carbocycles. The average Bonchev–Trinajstić information content (AvgIpc) is 2.39. The first-order chi connectivity index (χ1) is 10.0. The van der Waals surface area contributed by atoms with Gasteiger partial charge in [0.2, 0.25) is 0 Å². The van der Waals surface area contributed by atoms with Gasteiger partial charge in [0, 0.05) is 31.9 Å². The predicted octanol–water partition coefficient (Wildman–Crippen LogP) is 2.65. The van der Waals surface area contributed by atoms with Crippen LogP contribution in [-0.4, -0.2) is 40.7 Å². The van der Waals surface area contributed by atoms with E-state index in [4.69, 9.17) is 19.0 Å². The maximum atomic E-state index is 11.0. The Morgan fingerprint density at radius 2 is 1.57 bits per heavy atom. The van der Waals surface area contributed by atoms with Gasteiger partial charge in [0.05, 0.1) is 0 Å². The summed E-state index contributed by atoms with van der Waals surface area (Å²) in [5, 5.41) is 2.79. The molecule has 0 aliphatic heterocycles. The second-order valence-corrected chi connectivity index (χ2v) is 7.60. The normalized spacial score (nSPS) is 13.1. The molecule has 7 heteroatoms. The fraction of sp³-hybridized carbons (Fsp3) is 0.929. The molecule has 21 heavy (non-hydrogen) atoms. The summed E-state index contributed by atoms with van der Waals surface area (Å²) < 4.78 is 17.4. The van der Waals surface area contributed by atoms with Crippen LogP contribution in [0.4, 0.5) is 4.79 Å². The molecule has 0 bridgehead atoms. The van der Waals surface area contributed by atoms with Crippen LogP contribution in [0, 0.1) is 0 Å². The van der Waals surface area contributed by atoms with Gasteiger partial charge in [-0.05, 0) is 40.0 Å². The first kappa shape index (κ1) is 20.4. The number of primary amides is 1. The number of nitrogens with two attached hydrogens (primary N) is 1. The zero-order chi connectivity index (χ0) is 16.1. The molecule has 0 saturated heterocycles. The molecule has 0 heterocycles. The fourth-order valence-corrected chi connectivity index (χ4v) is 5.04. The van der Waals surface area contributed by atoms with Gasteiger partial charge in [-0.25, -0.2) is 4.79 Å². The van der Waals surface area contributed by atoms with E-state index >= 15 is 0 Å².